The molecule has 1 aliphatic rings. The van der Waals surface area contributed by atoms with E-state index in [9.17, 15) is 18.0 Å². The molecule has 3 aromatic rings. The van der Waals surface area contributed by atoms with Crippen LogP contribution in [0.4, 0.5) is 23.7 Å². The van der Waals surface area contributed by atoms with Crippen LogP contribution in [-0.4, -0.2) is 56.9 Å². The van der Waals surface area contributed by atoms with Crippen molar-refractivity contribution in [2.75, 3.05) is 24.2 Å². The minimum atomic E-state index is -4.70. The fourth-order valence-electron chi connectivity index (χ4n) is 4.26. The number of halogens is 3. The Morgan fingerprint density at radius 2 is 1.69 bits per heavy atom. The van der Waals surface area contributed by atoms with E-state index in [1.165, 1.54) is 0 Å². The van der Waals surface area contributed by atoms with E-state index < -0.39 is 12.1 Å². The molecule has 2 unspecified atom stereocenters. The minimum Gasteiger partial charge on any atom is -0.413 e. The Bertz CT molecular complexity index is 1130. The van der Waals surface area contributed by atoms with E-state index in [0.717, 1.165) is 11.3 Å². The van der Waals surface area contributed by atoms with E-state index in [-0.39, 0.29) is 24.0 Å². The molecule has 1 aromatic heterocycles. The van der Waals surface area contributed by atoms with Crippen LogP contribution in [0.15, 0.2) is 59.0 Å². The second-order valence-electron chi connectivity index (χ2n) is 8.46. The normalized spacial score (nSPS) is 19.1. The van der Waals surface area contributed by atoms with Gasteiger partial charge in [-0.2, -0.15) is 13.2 Å². The number of carbonyl (C=O) groups is 1. The molecule has 1 saturated heterocycles. The molecule has 0 radical (unpaired) electrons. The van der Waals surface area contributed by atoms with Crippen LogP contribution in [0.25, 0.3) is 11.5 Å². The van der Waals surface area contributed by atoms with E-state index in [4.69, 9.17) is 4.42 Å². The molecule has 186 valence electrons. The largest absolute Gasteiger partial charge is 0.470 e. The van der Waals surface area contributed by atoms with E-state index >= 15 is 0 Å². The monoisotopic (exact) mass is 505 g/mol. The van der Waals surface area contributed by atoms with Crippen molar-refractivity contribution >= 4 is 23.7 Å². The van der Waals surface area contributed by atoms with Crippen molar-refractivity contribution in [2.45, 2.75) is 38.7 Å². The molecule has 1 fully saturated rings. The second kappa shape index (κ2) is 10.3. The summed E-state index contributed by atoms with van der Waals surface area (Å²) in [4.78, 5) is 17.3. The van der Waals surface area contributed by atoms with Gasteiger partial charge in [0, 0.05) is 36.4 Å². The number of urea groups is 1. The van der Waals surface area contributed by atoms with E-state index in [0.29, 0.717) is 25.2 Å². The summed E-state index contributed by atoms with van der Waals surface area (Å²) < 4.78 is 45.3. The molecule has 35 heavy (non-hydrogen) atoms. The number of rotatable bonds is 5. The molecular formula is C24H26F3N5O2S. The lowest BCUT2D eigenvalue weighted by atomic mass is 10.1. The molecule has 2 atom stereocenters. The first-order valence-electron chi connectivity index (χ1n) is 11.1. The van der Waals surface area contributed by atoms with Gasteiger partial charge in [-0.15, -0.1) is 10.2 Å². The first-order valence-corrected chi connectivity index (χ1v) is 12.3. The number of benzene rings is 2. The van der Waals surface area contributed by atoms with Crippen LogP contribution >= 0.6 is 11.9 Å². The lowest BCUT2D eigenvalue weighted by Crippen LogP contribution is -2.58. The summed E-state index contributed by atoms with van der Waals surface area (Å²) >= 11 is 1.69. The predicted octanol–water partition coefficient (Wildman–Crippen LogP) is 5.55. The Morgan fingerprint density at radius 1 is 1.06 bits per heavy atom. The van der Waals surface area contributed by atoms with Gasteiger partial charge in [-0.05, 0) is 49.9 Å². The third-order valence-corrected chi connectivity index (χ3v) is 6.97. The zero-order chi connectivity index (χ0) is 25.2. The smallest absolute Gasteiger partial charge is 0.413 e. The lowest BCUT2D eigenvalue weighted by molar-refractivity contribution is -0.156. The lowest BCUT2D eigenvalue weighted by Gasteiger charge is -2.44. The second-order valence-corrected chi connectivity index (χ2v) is 9.24. The maximum absolute atomic E-state index is 13.7. The number of carbonyl (C=O) groups excluding carboxylic acids is 1. The van der Waals surface area contributed by atoms with Gasteiger partial charge in [-0.3, -0.25) is 4.90 Å². The number of alkyl halides is 3. The van der Waals surface area contributed by atoms with Crippen LogP contribution in [0.1, 0.15) is 25.3 Å². The first kappa shape index (κ1) is 25.1. The van der Waals surface area contributed by atoms with Gasteiger partial charge in [0.25, 0.3) is 0 Å². The van der Waals surface area contributed by atoms with Crippen LogP contribution in [0.3, 0.4) is 0 Å². The molecule has 4 rings (SSSR count). The Hall–Kier alpha value is -3.05. The molecule has 0 bridgehead atoms. The Labute approximate surface area is 206 Å². The van der Waals surface area contributed by atoms with Crippen LogP contribution in [-0.2, 0) is 12.7 Å². The van der Waals surface area contributed by atoms with Gasteiger partial charge in [0.2, 0.25) is 5.89 Å². The number of nitrogens with zero attached hydrogens (tertiary/aromatic N) is 5. The highest BCUT2D eigenvalue weighted by Crippen LogP contribution is 2.31. The number of piperazine rings is 1. The fourth-order valence-corrected chi connectivity index (χ4v) is 5.11. The van der Waals surface area contributed by atoms with Gasteiger partial charge < -0.3 is 9.32 Å². The molecule has 0 aliphatic carbocycles. The summed E-state index contributed by atoms with van der Waals surface area (Å²) in [6.45, 7) is 5.75. The number of anilines is 1. The van der Waals surface area contributed by atoms with Gasteiger partial charge in [-0.1, -0.05) is 42.3 Å². The summed E-state index contributed by atoms with van der Waals surface area (Å²) in [7, 11) is 0. The van der Waals surface area contributed by atoms with Crippen molar-refractivity contribution < 1.29 is 22.4 Å². The summed E-state index contributed by atoms with van der Waals surface area (Å²) in [5, 5.41) is 6.56. The SMILES string of the molecule is CSN1C(C)CN(C(=O)N(Cc2ccc(-c3nnc(C(F)(F)F)o3)cc2)c2ccccc2)CC1C. The number of hydrogen-bond donors (Lipinski definition) is 0. The van der Waals surface area contributed by atoms with E-state index in [1.54, 1.807) is 41.1 Å². The molecule has 0 N–H and O–H groups in total. The highest BCUT2D eigenvalue weighted by molar-refractivity contribution is 7.96. The molecule has 2 aromatic carbocycles. The molecule has 1 aliphatic heterocycles. The van der Waals surface area contributed by atoms with E-state index in [2.05, 4.69) is 28.4 Å². The van der Waals surface area contributed by atoms with E-state index in [1.807, 2.05) is 41.5 Å². The molecule has 0 saturated carbocycles. The van der Waals surface area contributed by atoms with Crippen molar-refractivity contribution in [3.8, 4) is 11.5 Å². The fraction of sp³-hybridized carbons (Fsp3) is 0.375. The van der Waals surface area contributed by atoms with Crippen LogP contribution < -0.4 is 4.90 Å². The summed E-state index contributed by atoms with van der Waals surface area (Å²) in [6, 6.07) is 16.5. The number of aromatic nitrogens is 2. The zero-order valence-corrected chi connectivity index (χ0v) is 20.4. The topological polar surface area (TPSA) is 65.7 Å². The highest BCUT2D eigenvalue weighted by atomic mass is 32.2. The van der Waals surface area contributed by atoms with Crippen molar-refractivity contribution in [1.29, 1.82) is 0 Å². The third-order valence-electron chi connectivity index (χ3n) is 5.83. The molecule has 7 nitrogen and oxygen atoms in total. The quantitative estimate of drug-likeness (QED) is 0.424. The van der Waals surface area contributed by atoms with Crippen LogP contribution in [0.5, 0.6) is 0 Å². The maximum Gasteiger partial charge on any atom is 0.470 e. The van der Waals surface area contributed by atoms with Crippen LogP contribution in [0, 0.1) is 0 Å². The van der Waals surface area contributed by atoms with Gasteiger partial charge in [0.1, 0.15) is 0 Å². The molecule has 0 spiro atoms. The van der Waals surface area contributed by atoms with Crippen molar-refractivity contribution in [2.24, 2.45) is 0 Å². The van der Waals surface area contributed by atoms with Gasteiger partial charge >= 0.3 is 18.1 Å². The maximum atomic E-state index is 13.7. The third kappa shape index (κ3) is 5.62. The summed E-state index contributed by atoms with van der Waals surface area (Å²) in [5.41, 5.74) is 1.94. The molecular weight excluding hydrogens is 479 g/mol. The average molecular weight is 506 g/mol. The Morgan fingerprint density at radius 3 is 2.23 bits per heavy atom. The average Bonchev–Trinajstić information content (AvgIpc) is 3.34. The Kier molecular flexibility index (Phi) is 7.36. The van der Waals surface area contributed by atoms with Crippen molar-refractivity contribution in [3.05, 3.63) is 66.1 Å². The van der Waals surface area contributed by atoms with Crippen molar-refractivity contribution in [3.63, 3.8) is 0 Å². The zero-order valence-electron chi connectivity index (χ0n) is 19.6. The van der Waals surface area contributed by atoms with Crippen LogP contribution in [0.2, 0.25) is 0 Å². The number of amides is 2. The summed E-state index contributed by atoms with van der Waals surface area (Å²) in [5.74, 6) is -1.60. The van der Waals surface area contributed by atoms with Gasteiger partial charge in [0.15, 0.2) is 0 Å². The van der Waals surface area contributed by atoms with Gasteiger partial charge in [0.05, 0.1) is 6.54 Å². The predicted molar refractivity (Wildman–Crippen MR) is 129 cm³/mol. The number of para-hydroxylation sites is 1. The highest BCUT2D eigenvalue weighted by Gasteiger charge is 2.38. The molecule has 2 amide bonds. The first-order chi connectivity index (χ1) is 16.7. The summed E-state index contributed by atoms with van der Waals surface area (Å²) in [6.07, 6.45) is -2.65. The molecule has 2 heterocycles. The number of hydrogen-bond acceptors (Lipinski definition) is 6. The molecule has 11 heteroatoms. The minimum absolute atomic E-state index is 0.0913. The van der Waals surface area contributed by atoms with Crippen molar-refractivity contribution in [1.82, 2.24) is 19.4 Å². The Balaban J connectivity index is 1.55. The standard InChI is InChI=1S/C24H26F3N5O2S/c1-16-13-30(14-17(2)32(16)35-3)23(33)31(20-7-5-4-6-8-20)15-18-9-11-19(12-10-18)21-28-29-22(34-21)24(25,26)27/h4-12,16-17H,13-15H2,1-3H3. The van der Waals surface area contributed by atoms with Gasteiger partial charge in [-0.25, -0.2) is 9.10 Å².